The third-order valence-electron chi connectivity index (χ3n) is 1.96. The van der Waals surface area contributed by atoms with Gasteiger partial charge in [-0.05, 0) is 29.6 Å². The first-order valence-electron chi connectivity index (χ1n) is 4.47. The standard InChI is InChI=1S/C11H9Cl2NS/c12-8-3-4-11(10(13)6-8)14-7-9-2-1-5-15-9/h1-6,14H,7H2. The summed E-state index contributed by atoms with van der Waals surface area (Å²) in [4.78, 5) is 1.28. The topological polar surface area (TPSA) is 12.0 Å². The van der Waals surface area contributed by atoms with Crippen LogP contribution in [0.15, 0.2) is 35.7 Å². The largest absolute Gasteiger partial charge is 0.379 e. The van der Waals surface area contributed by atoms with Gasteiger partial charge in [0.2, 0.25) is 0 Å². The van der Waals surface area contributed by atoms with Crippen LogP contribution in [0.4, 0.5) is 5.69 Å². The van der Waals surface area contributed by atoms with E-state index in [1.807, 2.05) is 18.2 Å². The lowest BCUT2D eigenvalue weighted by Crippen LogP contribution is -1.97. The zero-order valence-corrected chi connectivity index (χ0v) is 10.2. The quantitative estimate of drug-likeness (QED) is 0.843. The lowest BCUT2D eigenvalue weighted by atomic mass is 10.3. The maximum Gasteiger partial charge on any atom is 0.0652 e. The second-order valence-corrected chi connectivity index (χ2v) is 4.93. The van der Waals surface area contributed by atoms with Crippen LogP contribution in [0.25, 0.3) is 0 Å². The minimum Gasteiger partial charge on any atom is -0.379 e. The SMILES string of the molecule is Clc1ccc(NCc2cccs2)c(Cl)c1. The monoisotopic (exact) mass is 257 g/mol. The van der Waals surface area contributed by atoms with Gasteiger partial charge in [-0.2, -0.15) is 0 Å². The van der Waals surface area contributed by atoms with Crippen LogP contribution in [0.2, 0.25) is 10.0 Å². The van der Waals surface area contributed by atoms with Crippen LogP contribution in [0.5, 0.6) is 0 Å². The van der Waals surface area contributed by atoms with Crippen molar-refractivity contribution in [2.75, 3.05) is 5.32 Å². The maximum atomic E-state index is 6.03. The molecule has 0 saturated carbocycles. The highest BCUT2D eigenvalue weighted by molar-refractivity contribution is 7.09. The summed E-state index contributed by atoms with van der Waals surface area (Å²) in [7, 11) is 0. The number of halogens is 2. The van der Waals surface area contributed by atoms with E-state index in [0.29, 0.717) is 10.0 Å². The van der Waals surface area contributed by atoms with Gasteiger partial charge in [0.1, 0.15) is 0 Å². The number of hydrogen-bond acceptors (Lipinski definition) is 2. The van der Waals surface area contributed by atoms with Crippen molar-refractivity contribution < 1.29 is 0 Å². The Hall–Kier alpha value is -0.700. The number of thiophene rings is 1. The molecule has 1 aromatic heterocycles. The molecular weight excluding hydrogens is 249 g/mol. The first-order chi connectivity index (χ1) is 7.25. The summed E-state index contributed by atoms with van der Waals surface area (Å²) in [6.07, 6.45) is 0. The van der Waals surface area contributed by atoms with Crippen molar-refractivity contribution in [3.8, 4) is 0 Å². The van der Waals surface area contributed by atoms with Crippen molar-refractivity contribution in [3.63, 3.8) is 0 Å². The first-order valence-corrected chi connectivity index (χ1v) is 6.10. The van der Waals surface area contributed by atoms with E-state index in [2.05, 4.69) is 16.8 Å². The first kappa shape index (κ1) is 10.8. The molecule has 0 fully saturated rings. The molecule has 0 bridgehead atoms. The number of nitrogens with one attached hydrogen (secondary N) is 1. The van der Waals surface area contributed by atoms with E-state index in [9.17, 15) is 0 Å². The molecule has 0 amide bonds. The van der Waals surface area contributed by atoms with Crippen molar-refractivity contribution in [1.29, 1.82) is 0 Å². The van der Waals surface area contributed by atoms with Gasteiger partial charge in [0.15, 0.2) is 0 Å². The highest BCUT2D eigenvalue weighted by atomic mass is 35.5. The van der Waals surface area contributed by atoms with Gasteiger partial charge < -0.3 is 5.32 Å². The molecule has 0 atom stereocenters. The smallest absolute Gasteiger partial charge is 0.0652 e. The zero-order chi connectivity index (χ0) is 10.7. The zero-order valence-electron chi connectivity index (χ0n) is 7.84. The molecule has 0 aliphatic heterocycles. The van der Waals surface area contributed by atoms with Crippen molar-refractivity contribution >= 4 is 40.2 Å². The van der Waals surface area contributed by atoms with Crippen molar-refractivity contribution in [3.05, 3.63) is 50.6 Å². The number of hydrogen-bond donors (Lipinski definition) is 1. The number of anilines is 1. The van der Waals surface area contributed by atoms with Crippen LogP contribution >= 0.6 is 34.5 Å². The molecule has 0 radical (unpaired) electrons. The molecule has 15 heavy (non-hydrogen) atoms. The Kier molecular flexibility index (Phi) is 3.52. The van der Waals surface area contributed by atoms with Gasteiger partial charge >= 0.3 is 0 Å². The van der Waals surface area contributed by atoms with E-state index in [-0.39, 0.29) is 0 Å². The van der Waals surface area contributed by atoms with E-state index in [4.69, 9.17) is 23.2 Å². The summed E-state index contributed by atoms with van der Waals surface area (Å²) in [5.41, 5.74) is 0.912. The number of rotatable bonds is 3. The van der Waals surface area contributed by atoms with Crippen molar-refractivity contribution in [2.24, 2.45) is 0 Å². The Morgan fingerprint density at radius 2 is 2.07 bits per heavy atom. The number of benzene rings is 1. The normalized spacial score (nSPS) is 10.3. The summed E-state index contributed by atoms with van der Waals surface area (Å²) in [5.74, 6) is 0. The summed E-state index contributed by atoms with van der Waals surface area (Å²) in [6, 6.07) is 9.56. The Balaban J connectivity index is 2.05. The molecule has 2 aromatic rings. The minimum atomic E-state index is 0.652. The summed E-state index contributed by atoms with van der Waals surface area (Å²) < 4.78 is 0. The third-order valence-corrected chi connectivity index (χ3v) is 3.39. The van der Waals surface area contributed by atoms with E-state index >= 15 is 0 Å². The van der Waals surface area contributed by atoms with Gasteiger partial charge in [-0.3, -0.25) is 0 Å². The van der Waals surface area contributed by atoms with Crippen LogP contribution in [-0.2, 0) is 6.54 Å². The van der Waals surface area contributed by atoms with Crippen LogP contribution in [0.3, 0.4) is 0 Å². The molecule has 0 aliphatic carbocycles. The molecule has 0 saturated heterocycles. The Bertz CT molecular complexity index is 440. The van der Waals surface area contributed by atoms with E-state index in [1.54, 1.807) is 17.4 Å². The Morgan fingerprint density at radius 3 is 2.73 bits per heavy atom. The van der Waals surface area contributed by atoms with E-state index in [0.717, 1.165) is 12.2 Å². The van der Waals surface area contributed by atoms with E-state index < -0.39 is 0 Å². The molecule has 1 nitrogen and oxygen atoms in total. The molecule has 1 N–H and O–H groups in total. The lowest BCUT2D eigenvalue weighted by Gasteiger charge is -2.06. The minimum absolute atomic E-state index is 0.652. The molecular formula is C11H9Cl2NS. The van der Waals surface area contributed by atoms with Gasteiger partial charge in [0, 0.05) is 16.4 Å². The Morgan fingerprint density at radius 1 is 1.20 bits per heavy atom. The van der Waals surface area contributed by atoms with Gasteiger partial charge in [0.25, 0.3) is 0 Å². The molecule has 1 aromatic carbocycles. The fourth-order valence-electron chi connectivity index (χ4n) is 1.23. The van der Waals surface area contributed by atoms with Crippen LogP contribution < -0.4 is 5.32 Å². The van der Waals surface area contributed by atoms with Gasteiger partial charge in [0.05, 0.1) is 10.7 Å². The molecule has 0 spiro atoms. The van der Waals surface area contributed by atoms with Crippen molar-refractivity contribution in [2.45, 2.75) is 6.54 Å². The molecule has 0 unspecified atom stereocenters. The van der Waals surface area contributed by atoms with Gasteiger partial charge in [-0.1, -0.05) is 29.3 Å². The fraction of sp³-hybridized carbons (Fsp3) is 0.0909. The van der Waals surface area contributed by atoms with Crippen LogP contribution in [0.1, 0.15) is 4.88 Å². The molecule has 4 heteroatoms. The average Bonchev–Trinajstić information content (AvgIpc) is 2.69. The average molecular weight is 258 g/mol. The predicted octanol–water partition coefficient (Wildman–Crippen LogP) is 4.67. The molecule has 2 rings (SSSR count). The predicted molar refractivity (Wildman–Crippen MR) is 68.1 cm³/mol. The Labute approximate surface area is 103 Å². The highest BCUT2D eigenvalue weighted by Crippen LogP contribution is 2.26. The van der Waals surface area contributed by atoms with Crippen LogP contribution in [0, 0.1) is 0 Å². The summed E-state index contributed by atoms with van der Waals surface area (Å²) >= 11 is 13.6. The van der Waals surface area contributed by atoms with Crippen molar-refractivity contribution in [1.82, 2.24) is 0 Å². The molecule has 0 aliphatic rings. The summed E-state index contributed by atoms with van der Waals surface area (Å²) in [5, 5.41) is 6.62. The lowest BCUT2D eigenvalue weighted by molar-refractivity contribution is 1.19. The van der Waals surface area contributed by atoms with E-state index in [1.165, 1.54) is 4.88 Å². The second kappa shape index (κ2) is 4.88. The van der Waals surface area contributed by atoms with Gasteiger partial charge in [-0.25, -0.2) is 0 Å². The molecule has 1 heterocycles. The second-order valence-electron chi connectivity index (χ2n) is 3.06. The summed E-state index contributed by atoms with van der Waals surface area (Å²) in [6.45, 7) is 0.791. The highest BCUT2D eigenvalue weighted by Gasteiger charge is 2.00. The third kappa shape index (κ3) is 2.88. The maximum absolute atomic E-state index is 6.03. The molecule has 78 valence electrons. The van der Waals surface area contributed by atoms with Gasteiger partial charge in [-0.15, -0.1) is 11.3 Å². The van der Waals surface area contributed by atoms with Crippen LogP contribution in [-0.4, -0.2) is 0 Å². The fourth-order valence-corrected chi connectivity index (χ4v) is 2.35.